The normalized spacial score (nSPS) is 16.5. The predicted octanol–water partition coefficient (Wildman–Crippen LogP) is 5.21. The molecular formula is C20H28O4. The molecule has 0 bridgehead atoms. The van der Waals surface area contributed by atoms with Gasteiger partial charge in [0.2, 0.25) is 0 Å². The average molecular weight is 332 g/mol. The first kappa shape index (κ1) is 18.5. The van der Waals surface area contributed by atoms with Crippen LogP contribution in [0.25, 0.3) is 0 Å². The smallest absolute Gasteiger partial charge is 0.339 e. The molecule has 132 valence electrons. The van der Waals surface area contributed by atoms with Crippen LogP contribution >= 0.6 is 0 Å². The highest BCUT2D eigenvalue weighted by molar-refractivity contribution is 6.02. The number of carboxylic acid groups (broad SMARTS) is 1. The standard InChI is InChI=1S/C20H28O4/c1-2-3-4-8-13-20(14-9-5-10-15-20)24-19(23)17-12-7-6-11-16(17)18(21)22/h6-7,11-12H,2-5,8-10,13-15H2,1H3,(H,21,22). The fraction of sp³-hybridized carbons (Fsp3) is 0.600. The molecule has 1 aromatic rings. The van der Waals surface area contributed by atoms with Gasteiger partial charge in [-0.2, -0.15) is 0 Å². The van der Waals surface area contributed by atoms with Crippen LogP contribution in [0.1, 0.15) is 91.8 Å². The Balaban J connectivity index is 2.11. The van der Waals surface area contributed by atoms with E-state index in [1.807, 2.05) is 0 Å². The lowest BCUT2D eigenvalue weighted by molar-refractivity contribution is -0.0437. The van der Waals surface area contributed by atoms with E-state index in [2.05, 4.69) is 6.92 Å². The van der Waals surface area contributed by atoms with Gasteiger partial charge < -0.3 is 9.84 Å². The van der Waals surface area contributed by atoms with Crippen molar-refractivity contribution in [1.29, 1.82) is 0 Å². The van der Waals surface area contributed by atoms with Crippen LogP contribution in [0, 0.1) is 0 Å². The monoisotopic (exact) mass is 332 g/mol. The van der Waals surface area contributed by atoms with Crippen LogP contribution in [0.2, 0.25) is 0 Å². The maximum atomic E-state index is 12.6. The molecule has 1 aliphatic carbocycles. The van der Waals surface area contributed by atoms with Crippen molar-refractivity contribution in [2.24, 2.45) is 0 Å². The van der Waals surface area contributed by atoms with Crippen LogP contribution in [0.4, 0.5) is 0 Å². The van der Waals surface area contributed by atoms with Gasteiger partial charge in [-0.15, -0.1) is 0 Å². The van der Waals surface area contributed by atoms with Gasteiger partial charge in [0.1, 0.15) is 5.60 Å². The Morgan fingerprint density at radius 3 is 2.33 bits per heavy atom. The maximum Gasteiger partial charge on any atom is 0.339 e. The number of aromatic carboxylic acids is 1. The van der Waals surface area contributed by atoms with Crippen molar-refractivity contribution in [2.45, 2.75) is 76.7 Å². The number of unbranched alkanes of at least 4 members (excludes halogenated alkanes) is 3. The summed E-state index contributed by atoms with van der Waals surface area (Å²) < 4.78 is 5.93. The third kappa shape index (κ3) is 4.83. The maximum absolute atomic E-state index is 12.6. The second-order valence-electron chi connectivity index (χ2n) is 6.79. The molecule has 1 aromatic carbocycles. The summed E-state index contributed by atoms with van der Waals surface area (Å²) in [6.45, 7) is 2.18. The molecule has 0 amide bonds. The van der Waals surface area contributed by atoms with Crippen molar-refractivity contribution >= 4 is 11.9 Å². The van der Waals surface area contributed by atoms with Crippen molar-refractivity contribution in [3.63, 3.8) is 0 Å². The van der Waals surface area contributed by atoms with E-state index in [-0.39, 0.29) is 11.1 Å². The van der Waals surface area contributed by atoms with E-state index in [1.165, 1.54) is 25.3 Å². The SMILES string of the molecule is CCCCCCC1(OC(=O)c2ccccc2C(=O)O)CCCCC1. The lowest BCUT2D eigenvalue weighted by atomic mass is 9.80. The van der Waals surface area contributed by atoms with E-state index in [1.54, 1.807) is 18.2 Å². The van der Waals surface area contributed by atoms with Gasteiger partial charge in [0.05, 0.1) is 11.1 Å². The van der Waals surface area contributed by atoms with Crippen molar-refractivity contribution in [3.8, 4) is 0 Å². The minimum absolute atomic E-state index is 0.0134. The molecule has 4 nitrogen and oxygen atoms in total. The summed E-state index contributed by atoms with van der Waals surface area (Å²) in [6, 6.07) is 6.30. The minimum atomic E-state index is -1.09. The molecule has 0 saturated heterocycles. The number of hydrogen-bond donors (Lipinski definition) is 1. The third-order valence-electron chi connectivity index (χ3n) is 4.94. The van der Waals surface area contributed by atoms with Crippen molar-refractivity contribution < 1.29 is 19.4 Å². The lowest BCUT2D eigenvalue weighted by Gasteiger charge is -2.37. The topological polar surface area (TPSA) is 63.6 Å². The molecule has 0 aromatic heterocycles. The Morgan fingerprint density at radius 1 is 1.04 bits per heavy atom. The molecule has 0 heterocycles. The summed E-state index contributed by atoms with van der Waals surface area (Å²) in [5, 5.41) is 9.28. The minimum Gasteiger partial charge on any atom is -0.478 e. The van der Waals surface area contributed by atoms with Crippen LogP contribution < -0.4 is 0 Å². The Kier molecular flexibility index (Phi) is 6.83. The summed E-state index contributed by atoms with van der Waals surface area (Å²) in [7, 11) is 0. The molecule has 0 aliphatic heterocycles. The highest BCUT2D eigenvalue weighted by Gasteiger charge is 2.36. The molecular weight excluding hydrogens is 304 g/mol. The molecule has 1 N–H and O–H groups in total. The fourth-order valence-electron chi connectivity index (χ4n) is 3.57. The number of hydrogen-bond acceptors (Lipinski definition) is 3. The van der Waals surface area contributed by atoms with Gasteiger partial charge in [-0.1, -0.05) is 44.7 Å². The van der Waals surface area contributed by atoms with Crippen LogP contribution in [0.5, 0.6) is 0 Å². The summed E-state index contributed by atoms with van der Waals surface area (Å²) in [5.74, 6) is -1.59. The first-order valence-electron chi connectivity index (χ1n) is 9.14. The molecule has 0 atom stereocenters. The van der Waals surface area contributed by atoms with Crippen LogP contribution in [0.3, 0.4) is 0 Å². The molecule has 1 saturated carbocycles. The molecule has 24 heavy (non-hydrogen) atoms. The van der Waals surface area contributed by atoms with Gasteiger partial charge in [0.25, 0.3) is 0 Å². The number of rotatable bonds is 8. The summed E-state index contributed by atoms with van der Waals surface area (Å²) >= 11 is 0. The zero-order valence-corrected chi connectivity index (χ0v) is 14.6. The van der Waals surface area contributed by atoms with Gasteiger partial charge in [-0.05, 0) is 50.7 Å². The lowest BCUT2D eigenvalue weighted by Crippen LogP contribution is -2.37. The number of carbonyl (C=O) groups is 2. The number of ether oxygens (including phenoxy) is 1. The summed E-state index contributed by atoms with van der Waals surface area (Å²) in [5.41, 5.74) is -0.239. The van der Waals surface area contributed by atoms with Crippen LogP contribution in [-0.2, 0) is 4.74 Å². The van der Waals surface area contributed by atoms with Crippen molar-refractivity contribution in [3.05, 3.63) is 35.4 Å². The number of esters is 1. The molecule has 0 radical (unpaired) electrons. The fourth-order valence-corrected chi connectivity index (χ4v) is 3.57. The number of benzene rings is 1. The number of carbonyl (C=O) groups excluding carboxylic acids is 1. The molecule has 0 spiro atoms. The Morgan fingerprint density at radius 2 is 1.71 bits per heavy atom. The molecule has 0 unspecified atom stereocenters. The van der Waals surface area contributed by atoms with Gasteiger partial charge >= 0.3 is 11.9 Å². The van der Waals surface area contributed by atoms with Gasteiger partial charge in [-0.3, -0.25) is 0 Å². The Labute approximate surface area is 144 Å². The van der Waals surface area contributed by atoms with Gasteiger partial charge in [-0.25, -0.2) is 9.59 Å². The largest absolute Gasteiger partial charge is 0.478 e. The van der Waals surface area contributed by atoms with Gasteiger partial charge in [0.15, 0.2) is 0 Å². The van der Waals surface area contributed by atoms with E-state index in [0.29, 0.717) is 0 Å². The van der Waals surface area contributed by atoms with Crippen LogP contribution in [0.15, 0.2) is 24.3 Å². The van der Waals surface area contributed by atoms with E-state index in [4.69, 9.17) is 4.74 Å². The van der Waals surface area contributed by atoms with E-state index in [9.17, 15) is 14.7 Å². The van der Waals surface area contributed by atoms with E-state index < -0.39 is 17.5 Å². The third-order valence-corrected chi connectivity index (χ3v) is 4.94. The number of carboxylic acids is 1. The molecule has 1 aliphatic rings. The average Bonchev–Trinajstić information content (AvgIpc) is 2.59. The van der Waals surface area contributed by atoms with Crippen molar-refractivity contribution in [2.75, 3.05) is 0 Å². The van der Waals surface area contributed by atoms with Gasteiger partial charge in [0, 0.05) is 0 Å². The highest BCUT2D eigenvalue weighted by Crippen LogP contribution is 2.37. The summed E-state index contributed by atoms with van der Waals surface area (Å²) in [6.07, 6.45) is 10.6. The summed E-state index contributed by atoms with van der Waals surface area (Å²) in [4.78, 5) is 24.0. The quantitative estimate of drug-likeness (QED) is 0.524. The molecule has 4 heteroatoms. The van der Waals surface area contributed by atoms with E-state index >= 15 is 0 Å². The molecule has 2 rings (SSSR count). The first-order chi connectivity index (χ1) is 11.6. The highest BCUT2D eigenvalue weighted by atomic mass is 16.6. The predicted molar refractivity (Wildman–Crippen MR) is 93.4 cm³/mol. The Hall–Kier alpha value is -1.84. The van der Waals surface area contributed by atoms with Crippen LogP contribution in [-0.4, -0.2) is 22.6 Å². The molecule has 1 fully saturated rings. The zero-order valence-electron chi connectivity index (χ0n) is 14.6. The zero-order chi connectivity index (χ0) is 17.4. The Bertz CT molecular complexity index is 559. The second kappa shape index (κ2) is 8.86. The first-order valence-corrected chi connectivity index (χ1v) is 9.14. The van der Waals surface area contributed by atoms with Crippen molar-refractivity contribution in [1.82, 2.24) is 0 Å². The van der Waals surface area contributed by atoms with E-state index in [0.717, 1.165) is 44.9 Å². The second-order valence-corrected chi connectivity index (χ2v) is 6.79.